The first-order valence-electron chi connectivity index (χ1n) is 6.24. The second kappa shape index (κ2) is 5.44. The maximum absolute atomic E-state index is 11.5. The van der Waals surface area contributed by atoms with Gasteiger partial charge in [0.2, 0.25) is 5.91 Å². The second-order valence-electron chi connectivity index (χ2n) is 4.71. The van der Waals surface area contributed by atoms with Crippen LogP contribution in [-0.4, -0.2) is 36.5 Å². The van der Waals surface area contributed by atoms with Gasteiger partial charge < -0.3 is 14.9 Å². The average molecular weight is 266 g/mol. The molecule has 104 valence electrons. The summed E-state index contributed by atoms with van der Waals surface area (Å²) < 4.78 is 10.2. The lowest BCUT2D eigenvalue weighted by Gasteiger charge is -2.20. The van der Waals surface area contributed by atoms with Crippen molar-refractivity contribution in [3.05, 3.63) is 23.2 Å². The van der Waals surface area contributed by atoms with E-state index in [9.17, 15) is 9.59 Å². The zero-order chi connectivity index (χ0) is 14.0. The zero-order valence-electron chi connectivity index (χ0n) is 11.1. The third kappa shape index (κ3) is 2.78. The van der Waals surface area contributed by atoms with Crippen LogP contribution in [0.5, 0.6) is 0 Å². The number of amides is 1. The average Bonchev–Trinajstić information content (AvgIpc) is 2.95. The van der Waals surface area contributed by atoms with E-state index in [2.05, 4.69) is 4.74 Å². The quantitative estimate of drug-likeness (QED) is 0.815. The monoisotopic (exact) mass is 266 g/mol. The molecule has 1 aliphatic rings. The van der Waals surface area contributed by atoms with Crippen LogP contribution in [0.25, 0.3) is 0 Å². The summed E-state index contributed by atoms with van der Waals surface area (Å²) in [6, 6.07) is 1.42. The van der Waals surface area contributed by atoms with Crippen LogP contribution in [0.2, 0.25) is 0 Å². The molecular formula is C13H18N2O4. The Kier molecular flexibility index (Phi) is 3.90. The third-order valence-electron chi connectivity index (χ3n) is 3.43. The molecule has 0 saturated carbocycles. The van der Waals surface area contributed by atoms with Crippen molar-refractivity contribution in [2.45, 2.75) is 32.4 Å². The molecular weight excluding hydrogens is 248 g/mol. The first-order valence-corrected chi connectivity index (χ1v) is 6.24. The van der Waals surface area contributed by atoms with Gasteiger partial charge in [0.25, 0.3) is 0 Å². The van der Waals surface area contributed by atoms with Crippen LogP contribution < -0.4 is 5.73 Å². The van der Waals surface area contributed by atoms with Gasteiger partial charge in [0.05, 0.1) is 19.7 Å². The first kappa shape index (κ1) is 13.6. The Balaban J connectivity index is 2.11. The van der Waals surface area contributed by atoms with Crippen molar-refractivity contribution in [2.75, 3.05) is 13.7 Å². The van der Waals surface area contributed by atoms with E-state index in [1.54, 1.807) is 13.0 Å². The summed E-state index contributed by atoms with van der Waals surface area (Å²) in [5, 5.41) is 0. The van der Waals surface area contributed by atoms with Gasteiger partial charge in [0.1, 0.15) is 17.1 Å². The van der Waals surface area contributed by atoms with Gasteiger partial charge in [-0.05, 0) is 32.4 Å². The molecule has 1 amide bonds. The van der Waals surface area contributed by atoms with Crippen molar-refractivity contribution in [2.24, 2.45) is 5.73 Å². The van der Waals surface area contributed by atoms with Crippen molar-refractivity contribution in [1.29, 1.82) is 0 Å². The number of methoxy groups -OCH3 is 1. The van der Waals surface area contributed by atoms with Crippen LogP contribution >= 0.6 is 0 Å². The highest BCUT2D eigenvalue weighted by molar-refractivity contribution is 5.90. The summed E-state index contributed by atoms with van der Waals surface area (Å²) in [7, 11) is 1.33. The molecule has 1 atom stereocenters. The topological polar surface area (TPSA) is 85.8 Å². The Bertz CT molecular complexity index is 495. The number of rotatable bonds is 4. The fraction of sp³-hybridized carbons (Fsp3) is 0.538. The van der Waals surface area contributed by atoms with E-state index in [0.717, 1.165) is 19.4 Å². The molecule has 1 fully saturated rings. The predicted molar refractivity (Wildman–Crippen MR) is 67.4 cm³/mol. The molecule has 6 heteroatoms. The Morgan fingerprint density at radius 1 is 1.58 bits per heavy atom. The van der Waals surface area contributed by atoms with Gasteiger partial charge in [-0.1, -0.05) is 0 Å². The molecule has 1 aromatic heterocycles. The summed E-state index contributed by atoms with van der Waals surface area (Å²) >= 11 is 0. The van der Waals surface area contributed by atoms with Gasteiger partial charge in [-0.25, -0.2) is 4.79 Å². The van der Waals surface area contributed by atoms with Crippen molar-refractivity contribution in [3.63, 3.8) is 0 Å². The van der Waals surface area contributed by atoms with Crippen LogP contribution in [0.15, 0.2) is 10.5 Å². The van der Waals surface area contributed by atoms with E-state index in [1.165, 1.54) is 7.11 Å². The molecule has 0 aliphatic carbocycles. The second-order valence-corrected chi connectivity index (χ2v) is 4.71. The van der Waals surface area contributed by atoms with E-state index >= 15 is 0 Å². The molecule has 1 saturated heterocycles. The largest absolute Gasteiger partial charge is 0.465 e. The van der Waals surface area contributed by atoms with E-state index in [4.69, 9.17) is 10.2 Å². The van der Waals surface area contributed by atoms with Gasteiger partial charge in [-0.3, -0.25) is 9.69 Å². The molecule has 2 heterocycles. The van der Waals surface area contributed by atoms with Gasteiger partial charge in [0, 0.05) is 0 Å². The van der Waals surface area contributed by atoms with Crippen LogP contribution in [0.4, 0.5) is 0 Å². The lowest BCUT2D eigenvalue weighted by molar-refractivity contribution is -0.122. The number of carbonyl (C=O) groups is 2. The number of primary amides is 1. The van der Waals surface area contributed by atoms with E-state index in [-0.39, 0.29) is 11.9 Å². The number of esters is 1. The molecule has 0 radical (unpaired) electrons. The lowest BCUT2D eigenvalue weighted by Crippen LogP contribution is -2.39. The zero-order valence-corrected chi connectivity index (χ0v) is 11.1. The normalized spacial score (nSPS) is 19.6. The Morgan fingerprint density at radius 2 is 2.32 bits per heavy atom. The van der Waals surface area contributed by atoms with Crippen molar-refractivity contribution in [1.82, 2.24) is 4.90 Å². The minimum absolute atomic E-state index is 0.244. The maximum atomic E-state index is 11.5. The number of likely N-dealkylation sites (tertiary alicyclic amines) is 1. The highest BCUT2D eigenvalue weighted by Crippen LogP contribution is 2.22. The van der Waals surface area contributed by atoms with Gasteiger partial charge in [0.15, 0.2) is 0 Å². The molecule has 1 unspecified atom stereocenters. The number of carbonyl (C=O) groups excluding carboxylic acids is 2. The lowest BCUT2D eigenvalue weighted by atomic mass is 10.2. The molecule has 2 rings (SSSR count). The maximum Gasteiger partial charge on any atom is 0.341 e. The van der Waals surface area contributed by atoms with Crippen LogP contribution in [0, 0.1) is 6.92 Å². The first-order chi connectivity index (χ1) is 9.02. The fourth-order valence-electron chi connectivity index (χ4n) is 2.47. The predicted octanol–water partition coefficient (Wildman–Crippen LogP) is 0.824. The Morgan fingerprint density at radius 3 is 2.95 bits per heavy atom. The summed E-state index contributed by atoms with van der Waals surface area (Å²) in [5.74, 6) is 0.442. The number of furan rings is 1. The number of hydrogen-bond acceptors (Lipinski definition) is 5. The standard InChI is InChI=1S/C13H18N2O4/c1-8-10(13(17)18-2)6-9(19-8)7-15-5-3-4-11(15)12(14)16/h6,11H,3-5,7H2,1-2H3,(H2,14,16). The highest BCUT2D eigenvalue weighted by atomic mass is 16.5. The molecule has 2 N–H and O–H groups in total. The smallest absolute Gasteiger partial charge is 0.341 e. The molecule has 6 nitrogen and oxygen atoms in total. The summed E-state index contributed by atoms with van der Waals surface area (Å²) in [6.45, 7) is 3.00. The number of nitrogens with zero attached hydrogens (tertiary/aromatic N) is 1. The van der Waals surface area contributed by atoms with Crippen molar-refractivity contribution < 1.29 is 18.7 Å². The minimum atomic E-state index is -0.416. The van der Waals surface area contributed by atoms with Crippen molar-refractivity contribution in [3.8, 4) is 0 Å². The number of aryl methyl sites for hydroxylation is 1. The summed E-state index contributed by atoms with van der Waals surface area (Å²) in [4.78, 5) is 24.8. The van der Waals surface area contributed by atoms with Gasteiger partial charge >= 0.3 is 5.97 Å². The van der Waals surface area contributed by atoms with E-state index in [1.807, 2.05) is 4.90 Å². The molecule has 0 spiro atoms. The van der Waals surface area contributed by atoms with Gasteiger partial charge in [-0.15, -0.1) is 0 Å². The molecule has 0 bridgehead atoms. The molecule has 1 aromatic rings. The van der Waals surface area contributed by atoms with Crippen LogP contribution in [0.1, 0.15) is 34.7 Å². The highest BCUT2D eigenvalue weighted by Gasteiger charge is 2.30. The van der Waals surface area contributed by atoms with Gasteiger partial charge in [-0.2, -0.15) is 0 Å². The molecule has 1 aliphatic heterocycles. The third-order valence-corrected chi connectivity index (χ3v) is 3.43. The molecule has 0 aromatic carbocycles. The SMILES string of the molecule is COC(=O)c1cc(CN2CCCC2C(N)=O)oc1C. The Labute approximate surface area is 111 Å². The van der Waals surface area contributed by atoms with E-state index in [0.29, 0.717) is 23.6 Å². The fourth-order valence-corrected chi connectivity index (χ4v) is 2.47. The number of hydrogen-bond donors (Lipinski definition) is 1. The molecule has 19 heavy (non-hydrogen) atoms. The minimum Gasteiger partial charge on any atom is -0.465 e. The van der Waals surface area contributed by atoms with Crippen LogP contribution in [0.3, 0.4) is 0 Å². The van der Waals surface area contributed by atoms with Crippen LogP contribution in [-0.2, 0) is 16.1 Å². The Hall–Kier alpha value is -1.82. The summed E-state index contributed by atoms with van der Waals surface area (Å²) in [5.41, 5.74) is 5.78. The number of nitrogens with two attached hydrogens (primary N) is 1. The number of ether oxygens (including phenoxy) is 1. The summed E-state index contributed by atoms with van der Waals surface area (Å²) in [6.07, 6.45) is 1.72. The van der Waals surface area contributed by atoms with E-state index < -0.39 is 5.97 Å². The van der Waals surface area contributed by atoms with Crippen molar-refractivity contribution >= 4 is 11.9 Å².